The Labute approximate surface area is 104 Å². The van der Waals surface area contributed by atoms with Crippen molar-refractivity contribution >= 4 is 17.6 Å². The number of hydrogen-bond acceptors (Lipinski definition) is 4. The third-order valence-corrected chi connectivity index (χ3v) is 2.71. The van der Waals surface area contributed by atoms with Gasteiger partial charge in [0.2, 0.25) is 5.91 Å². The number of rotatable bonds is 3. The monoisotopic (exact) mass is 250 g/mol. The summed E-state index contributed by atoms with van der Waals surface area (Å²) in [5.74, 6) is -0.732. The molecule has 0 saturated heterocycles. The molecule has 0 spiro atoms. The summed E-state index contributed by atoms with van der Waals surface area (Å²) < 4.78 is 5.43. The fourth-order valence-corrected chi connectivity index (χ4v) is 1.81. The first-order valence-corrected chi connectivity index (χ1v) is 5.60. The second-order valence-corrected chi connectivity index (χ2v) is 4.02. The van der Waals surface area contributed by atoms with Crippen LogP contribution >= 0.6 is 0 Å². The van der Waals surface area contributed by atoms with Crippen LogP contribution in [0.15, 0.2) is 24.3 Å². The number of carboxylic acids is 1. The van der Waals surface area contributed by atoms with Crippen molar-refractivity contribution in [3.8, 4) is 5.75 Å². The Morgan fingerprint density at radius 2 is 2.22 bits per heavy atom. The molecular weight excluding hydrogens is 236 g/mol. The molecule has 0 saturated carbocycles. The number of ether oxygens (including phenoxy) is 1. The van der Waals surface area contributed by atoms with Crippen molar-refractivity contribution in [1.82, 2.24) is 0 Å². The number of fused-ring (bicyclic) bond motifs is 1. The maximum absolute atomic E-state index is 12.0. The summed E-state index contributed by atoms with van der Waals surface area (Å²) in [6.45, 7) is 0.182. The predicted molar refractivity (Wildman–Crippen MR) is 64.5 cm³/mol. The fourth-order valence-electron chi connectivity index (χ4n) is 1.81. The summed E-state index contributed by atoms with van der Waals surface area (Å²) in [7, 11) is 0. The van der Waals surface area contributed by atoms with Crippen LogP contribution in [0, 0.1) is 0 Å². The molecule has 18 heavy (non-hydrogen) atoms. The van der Waals surface area contributed by atoms with Crippen LogP contribution in [-0.4, -0.2) is 36.2 Å². The van der Waals surface area contributed by atoms with Crippen LogP contribution in [0.1, 0.15) is 6.42 Å². The van der Waals surface area contributed by atoms with E-state index in [4.69, 9.17) is 15.6 Å². The minimum atomic E-state index is -0.959. The highest BCUT2D eigenvalue weighted by Crippen LogP contribution is 2.30. The highest BCUT2D eigenvalue weighted by Gasteiger charge is 2.28. The summed E-state index contributed by atoms with van der Waals surface area (Å²) in [5, 5.41) is 8.71. The van der Waals surface area contributed by atoms with E-state index in [0.717, 1.165) is 0 Å². The molecule has 1 aliphatic rings. The van der Waals surface area contributed by atoms with Gasteiger partial charge in [0.1, 0.15) is 18.4 Å². The van der Waals surface area contributed by atoms with Gasteiger partial charge in [0.15, 0.2) is 0 Å². The minimum absolute atomic E-state index is 0.0856. The van der Waals surface area contributed by atoms with E-state index in [2.05, 4.69) is 0 Å². The SMILES string of the molecule is NC1COc2ccccc2N(CCC(=O)O)C1=O. The molecule has 6 heteroatoms. The first-order chi connectivity index (χ1) is 8.59. The molecule has 96 valence electrons. The number of amides is 1. The van der Waals surface area contributed by atoms with Gasteiger partial charge in [-0.15, -0.1) is 0 Å². The number of nitrogens with zero attached hydrogens (tertiary/aromatic N) is 1. The first-order valence-electron chi connectivity index (χ1n) is 5.60. The number of carbonyl (C=O) groups excluding carboxylic acids is 1. The molecule has 0 fully saturated rings. The standard InChI is InChI=1S/C12H14N2O4/c13-8-7-18-10-4-2-1-3-9(10)14(12(8)17)6-5-11(15)16/h1-4,8H,5-7,13H2,(H,15,16). The molecular formula is C12H14N2O4. The molecule has 1 atom stereocenters. The highest BCUT2D eigenvalue weighted by molar-refractivity contribution is 5.99. The quantitative estimate of drug-likeness (QED) is 0.800. The number of carbonyl (C=O) groups is 2. The van der Waals surface area contributed by atoms with Crippen LogP contribution in [0.5, 0.6) is 5.75 Å². The maximum atomic E-state index is 12.0. The van der Waals surface area contributed by atoms with Gasteiger partial charge in [-0.3, -0.25) is 9.59 Å². The van der Waals surface area contributed by atoms with Crippen LogP contribution in [0.4, 0.5) is 5.69 Å². The number of hydrogen-bond donors (Lipinski definition) is 2. The van der Waals surface area contributed by atoms with E-state index in [1.54, 1.807) is 24.3 Å². The summed E-state index contributed by atoms with van der Waals surface area (Å²) in [4.78, 5) is 24.1. The summed E-state index contributed by atoms with van der Waals surface area (Å²) in [5.41, 5.74) is 6.26. The van der Waals surface area contributed by atoms with E-state index in [-0.39, 0.29) is 25.5 Å². The van der Waals surface area contributed by atoms with Crippen LogP contribution in [-0.2, 0) is 9.59 Å². The lowest BCUT2D eigenvalue weighted by atomic mass is 10.2. The van der Waals surface area contributed by atoms with Gasteiger partial charge in [0.05, 0.1) is 12.1 Å². The van der Waals surface area contributed by atoms with Gasteiger partial charge in [-0.2, -0.15) is 0 Å². The van der Waals surface area contributed by atoms with E-state index < -0.39 is 12.0 Å². The van der Waals surface area contributed by atoms with E-state index in [1.807, 2.05) is 0 Å². The molecule has 1 aromatic rings. The molecule has 0 aliphatic carbocycles. The molecule has 2 rings (SSSR count). The van der Waals surface area contributed by atoms with Crippen molar-refractivity contribution in [2.75, 3.05) is 18.1 Å². The van der Waals surface area contributed by atoms with Crippen molar-refractivity contribution in [3.05, 3.63) is 24.3 Å². The van der Waals surface area contributed by atoms with E-state index >= 15 is 0 Å². The number of benzene rings is 1. The zero-order chi connectivity index (χ0) is 13.1. The lowest BCUT2D eigenvalue weighted by Gasteiger charge is -2.22. The maximum Gasteiger partial charge on any atom is 0.305 e. The smallest absolute Gasteiger partial charge is 0.305 e. The van der Waals surface area contributed by atoms with Crippen molar-refractivity contribution in [3.63, 3.8) is 0 Å². The van der Waals surface area contributed by atoms with Crippen molar-refractivity contribution in [2.24, 2.45) is 5.73 Å². The Morgan fingerprint density at radius 3 is 2.94 bits per heavy atom. The summed E-state index contributed by atoms with van der Waals surface area (Å²) >= 11 is 0. The molecule has 6 nitrogen and oxygen atoms in total. The topological polar surface area (TPSA) is 92.9 Å². The van der Waals surface area contributed by atoms with Crippen molar-refractivity contribution in [1.29, 1.82) is 0 Å². The van der Waals surface area contributed by atoms with Crippen molar-refractivity contribution < 1.29 is 19.4 Å². The van der Waals surface area contributed by atoms with E-state index in [1.165, 1.54) is 4.90 Å². The average molecular weight is 250 g/mol. The third kappa shape index (κ3) is 2.43. The molecule has 0 aromatic heterocycles. The number of aliphatic carboxylic acids is 1. The number of anilines is 1. The Hall–Kier alpha value is -2.08. The Kier molecular flexibility index (Phi) is 3.47. The van der Waals surface area contributed by atoms with Gasteiger partial charge in [0, 0.05) is 6.54 Å². The second kappa shape index (κ2) is 5.05. The average Bonchev–Trinajstić information content (AvgIpc) is 2.47. The van der Waals surface area contributed by atoms with Crippen LogP contribution in [0.25, 0.3) is 0 Å². The molecule has 1 heterocycles. The lowest BCUT2D eigenvalue weighted by Crippen LogP contribution is -2.46. The van der Waals surface area contributed by atoms with Gasteiger partial charge < -0.3 is 20.5 Å². The van der Waals surface area contributed by atoms with Crippen LogP contribution < -0.4 is 15.4 Å². The molecule has 3 N–H and O–H groups in total. The normalized spacial score (nSPS) is 18.8. The Morgan fingerprint density at radius 1 is 1.50 bits per heavy atom. The molecule has 0 bridgehead atoms. The van der Waals surface area contributed by atoms with Gasteiger partial charge >= 0.3 is 5.97 Å². The first kappa shape index (κ1) is 12.4. The number of carboxylic acid groups (broad SMARTS) is 1. The lowest BCUT2D eigenvalue weighted by molar-refractivity contribution is -0.136. The molecule has 1 amide bonds. The Bertz CT molecular complexity index is 475. The predicted octanol–water partition coefficient (Wildman–Crippen LogP) is 0.214. The van der Waals surface area contributed by atoms with E-state index in [9.17, 15) is 9.59 Å². The van der Waals surface area contributed by atoms with Crippen LogP contribution in [0.3, 0.4) is 0 Å². The third-order valence-electron chi connectivity index (χ3n) is 2.71. The fraction of sp³-hybridized carbons (Fsp3) is 0.333. The zero-order valence-corrected chi connectivity index (χ0v) is 9.70. The molecule has 0 radical (unpaired) electrons. The molecule has 1 aliphatic heterocycles. The van der Waals surface area contributed by atoms with Gasteiger partial charge in [-0.05, 0) is 12.1 Å². The largest absolute Gasteiger partial charge is 0.489 e. The highest BCUT2D eigenvalue weighted by atomic mass is 16.5. The van der Waals surface area contributed by atoms with Gasteiger partial charge in [-0.1, -0.05) is 12.1 Å². The second-order valence-electron chi connectivity index (χ2n) is 4.02. The zero-order valence-electron chi connectivity index (χ0n) is 9.70. The minimum Gasteiger partial charge on any atom is -0.489 e. The number of nitrogens with two attached hydrogens (primary N) is 1. The van der Waals surface area contributed by atoms with Gasteiger partial charge in [0.25, 0.3) is 0 Å². The Balaban J connectivity index is 2.32. The molecule has 1 unspecified atom stereocenters. The van der Waals surface area contributed by atoms with E-state index in [0.29, 0.717) is 11.4 Å². The number of para-hydroxylation sites is 2. The summed E-state index contributed by atoms with van der Waals surface area (Å²) in [6, 6.07) is 6.23. The van der Waals surface area contributed by atoms with Crippen molar-refractivity contribution in [2.45, 2.75) is 12.5 Å². The summed E-state index contributed by atoms with van der Waals surface area (Å²) in [6.07, 6.45) is -0.132. The molecule has 1 aromatic carbocycles. The van der Waals surface area contributed by atoms with Crippen LogP contribution in [0.2, 0.25) is 0 Å². The van der Waals surface area contributed by atoms with Gasteiger partial charge in [-0.25, -0.2) is 0 Å².